The number of rotatable bonds is 5. The second-order valence-electron chi connectivity index (χ2n) is 7.73. The number of nitrogens with zero attached hydrogens (tertiary/aromatic N) is 4. The van der Waals surface area contributed by atoms with E-state index in [1.54, 1.807) is 59.4 Å². The van der Waals surface area contributed by atoms with E-state index >= 15 is 0 Å². The Kier molecular flexibility index (Phi) is 6.38. The molecule has 0 spiro atoms. The molecule has 0 saturated carbocycles. The number of nitriles is 1. The Hall–Kier alpha value is -4.84. The van der Waals surface area contributed by atoms with Crippen LogP contribution in [0.15, 0.2) is 89.5 Å². The molecule has 0 fully saturated rings. The van der Waals surface area contributed by atoms with Crippen LogP contribution in [0.3, 0.4) is 0 Å². The minimum absolute atomic E-state index is 0.00858. The highest BCUT2D eigenvalue weighted by atomic mass is 16.5. The van der Waals surface area contributed by atoms with E-state index in [0.717, 1.165) is 5.69 Å². The normalized spacial score (nSPS) is 15.6. The summed E-state index contributed by atoms with van der Waals surface area (Å²) in [6.45, 7) is 1.85. The van der Waals surface area contributed by atoms with Gasteiger partial charge in [-0.25, -0.2) is 14.3 Å². The molecule has 1 aliphatic heterocycles. The molecule has 0 radical (unpaired) electrons. The van der Waals surface area contributed by atoms with Gasteiger partial charge in [-0.05, 0) is 30.7 Å². The van der Waals surface area contributed by atoms with E-state index in [1.165, 1.54) is 19.1 Å². The molecule has 4 rings (SSSR count). The molecule has 0 bridgehead atoms. The Morgan fingerprint density at radius 1 is 0.971 bits per heavy atom. The van der Waals surface area contributed by atoms with Gasteiger partial charge in [0.25, 0.3) is 0 Å². The maximum atomic E-state index is 13.2. The molecule has 0 amide bonds. The molecule has 35 heavy (non-hydrogen) atoms. The summed E-state index contributed by atoms with van der Waals surface area (Å²) in [7, 11) is 2.42. The lowest BCUT2D eigenvalue weighted by atomic mass is 9.81. The first-order valence-electron chi connectivity index (χ1n) is 10.7. The summed E-state index contributed by atoms with van der Waals surface area (Å²) in [6, 6.07) is 19.9. The van der Waals surface area contributed by atoms with E-state index in [1.807, 2.05) is 19.1 Å². The van der Waals surface area contributed by atoms with Gasteiger partial charge >= 0.3 is 11.9 Å². The number of esters is 2. The van der Waals surface area contributed by atoms with Crippen molar-refractivity contribution in [3.05, 3.63) is 101 Å². The minimum Gasteiger partial charge on any atom is -0.466 e. The number of benzene rings is 2. The van der Waals surface area contributed by atoms with Gasteiger partial charge in [-0.2, -0.15) is 10.4 Å². The van der Waals surface area contributed by atoms with E-state index in [0.29, 0.717) is 16.9 Å². The van der Waals surface area contributed by atoms with Gasteiger partial charge in [0.05, 0.1) is 54.4 Å². The third kappa shape index (κ3) is 4.02. The number of allylic oxidation sites excluding steroid dienone is 1. The van der Waals surface area contributed by atoms with E-state index < -0.39 is 17.9 Å². The summed E-state index contributed by atoms with van der Waals surface area (Å²) < 4.78 is 11.8. The van der Waals surface area contributed by atoms with Crippen LogP contribution in [-0.2, 0) is 19.1 Å². The van der Waals surface area contributed by atoms with Crippen molar-refractivity contribution in [3.63, 3.8) is 0 Å². The lowest BCUT2D eigenvalue weighted by Crippen LogP contribution is -2.41. The lowest BCUT2D eigenvalue weighted by Gasteiger charge is -2.36. The van der Waals surface area contributed by atoms with Crippen LogP contribution in [-0.4, -0.2) is 35.9 Å². The molecular weight excluding hydrogens is 446 g/mol. The topological polar surface area (TPSA) is 123 Å². The number of aryl methyl sites for hydroxylation is 1. The highest BCUT2D eigenvalue weighted by Crippen LogP contribution is 2.44. The zero-order valence-electron chi connectivity index (χ0n) is 19.4. The van der Waals surface area contributed by atoms with Crippen LogP contribution in [0.2, 0.25) is 0 Å². The number of anilines is 1. The lowest BCUT2D eigenvalue weighted by molar-refractivity contribution is -0.139. The van der Waals surface area contributed by atoms with Gasteiger partial charge in [0.15, 0.2) is 0 Å². The molecule has 3 aromatic rings. The molecule has 0 aliphatic carbocycles. The number of ether oxygens (including phenoxy) is 2. The third-order valence-corrected chi connectivity index (χ3v) is 5.70. The Morgan fingerprint density at radius 2 is 1.60 bits per heavy atom. The van der Waals surface area contributed by atoms with Gasteiger partial charge in [0.1, 0.15) is 11.5 Å². The first-order valence-corrected chi connectivity index (χ1v) is 10.7. The average Bonchev–Trinajstić information content (AvgIpc) is 3.33. The smallest absolute Gasteiger partial charge is 0.355 e. The number of methoxy groups -OCH3 is 2. The number of hydrogen-bond acceptors (Lipinski definition) is 8. The predicted molar refractivity (Wildman–Crippen MR) is 128 cm³/mol. The fourth-order valence-electron chi connectivity index (χ4n) is 4.16. The maximum absolute atomic E-state index is 13.2. The number of hydrogen-bond donors (Lipinski definition) is 1. The summed E-state index contributed by atoms with van der Waals surface area (Å²) in [5.74, 6) is -2.53. The Balaban J connectivity index is 2.09. The summed E-state index contributed by atoms with van der Waals surface area (Å²) in [6.07, 6.45) is 1.76. The summed E-state index contributed by atoms with van der Waals surface area (Å²) >= 11 is 0. The quantitative estimate of drug-likeness (QED) is 0.566. The fraction of sp³-hybridized carbons (Fsp3) is 0.154. The average molecular weight is 470 g/mol. The zero-order valence-corrected chi connectivity index (χ0v) is 19.4. The highest BCUT2D eigenvalue weighted by Gasteiger charge is 2.43. The molecule has 9 heteroatoms. The van der Waals surface area contributed by atoms with Crippen molar-refractivity contribution in [2.24, 2.45) is 5.73 Å². The molecule has 2 N–H and O–H groups in total. The van der Waals surface area contributed by atoms with Crippen LogP contribution >= 0.6 is 0 Å². The molecule has 176 valence electrons. The summed E-state index contributed by atoms with van der Waals surface area (Å²) in [5.41, 5.74) is 8.87. The number of para-hydroxylation sites is 2. The van der Waals surface area contributed by atoms with Gasteiger partial charge in [-0.15, -0.1) is 0 Å². The maximum Gasteiger partial charge on any atom is 0.355 e. The number of aromatic nitrogens is 2. The second kappa shape index (κ2) is 9.57. The van der Waals surface area contributed by atoms with E-state index in [9.17, 15) is 14.9 Å². The van der Waals surface area contributed by atoms with Gasteiger partial charge in [-0.3, -0.25) is 4.90 Å². The van der Waals surface area contributed by atoms with Gasteiger partial charge in [0.2, 0.25) is 0 Å². The third-order valence-electron chi connectivity index (χ3n) is 5.70. The second-order valence-corrected chi connectivity index (χ2v) is 7.73. The Morgan fingerprint density at radius 3 is 2.17 bits per heavy atom. The molecule has 1 atom stereocenters. The molecule has 1 aromatic heterocycles. The molecule has 1 aliphatic rings. The Labute approximate surface area is 202 Å². The van der Waals surface area contributed by atoms with Crippen molar-refractivity contribution >= 4 is 17.6 Å². The van der Waals surface area contributed by atoms with E-state index in [-0.39, 0.29) is 22.7 Å². The van der Waals surface area contributed by atoms with Crippen LogP contribution in [0.5, 0.6) is 0 Å². The van der Waals surface area contributed by atoms with Gasteiger partial charge < -0.3 is 15.2 Å². The standard InChI is InChI=1S/C26H23N5O4/c1-16-13-14-30(29-16)19-11-7-8-12-20(19)31-23(26(33)35-3)22(25(32)34-2)21(18(15-27)24(31)28)17-9-5-4-6-10-17/h4-14,21H,28H2,1-3H3. The zero-order chi connectivity index (χ0) is 25.1. The van der Waals surface area contributed by atoms with Crippen molar-refractivity contribution in [2.45, 2.75) is 12.8 Å². The van der Waals surface area contributed by atoms with Crippen molar-refractivity contribution in [1.29, 1.82) is 5.26 Å². The first kappa shape index (κ1) is 23.3. The molecular formula is C26H23N5O4. The number of carbonyl (C=O) groups is 2. The van der Waals surface area contributed by atoms with Gasteiger partial charge in [0, 0.05) is 6.20 Å². The molecule has 9 nitrogen and oxygen atoms in total. The van der Waals surface area contributed by atoms with Crippen LogP contribution in [0, 0.1) is 18.3 Å². The first-order chi connectivity index (χ1) is 16.9. The monoisotopic (exact) mass is 469 g/mol. The van der Waals surface area contributed by atoms with E-state index in [4.69, 9.17) is 15.2 Å². The van der Waals surface area contributed by atoms with Crippen molar-refractivity contribution < 1.29 is 19.1 Å². The number of carbonyl (C=O) groups excluding carboxylic acids is 2. The molecule has 2 aromatic carbocycles. The summed E-state index contributed by atoms with van der Waals surface area (Å²) in [4.78, 5) is 27.8. The van der Waals surface area contributed by atoms with Crippen LogP contribution in [0.4, 0.5) is 5.69 Å². The molecule has 0 saturated heterocycles. The van der Waals surface area contributed by atoms with Crippen LogP contribution < -0.4 is 10.6 Å². The molecule has 1 unspecified atom stereocenters. The van der Waals surface area contributed by atoms with E-state index in [2.05, 4.69) is 11.2 Å². The molecule has 2 heterocycles. The van der Waals surface area contributed by atoms with Crippen LogP contribution in [0.25, 0.3) is 5.69 Å². The Bertz CT molecular complexity index is 1400. The van der Waals surface area contributed by atoms with Crippen molar-refractivity contribution in [3.8, 4) is 11.8 Å². The fourth-order valence-corrected chi connectivity index (χ4v) is 4.16. The SMILES string of the molecule is COC(=O)C1=C(C(=O)OC)N(c2ccccc2-n2ccc(C)n2)C(N)=C(C#N)C1c1ccccc1. The predicted octanol–water partition coefficient (Wildman–Crippen LogP) is 3.08. The van der Waals surface area contributed by atoms with Crippen molar-refractivity contribution in [2.75, 3.05) is 19.1 Å². The van der Waals surface area contributed by atoms with Crippen molar-refractivity contribution in [1.82, 2.24) is 9.78 Å². The number of nitrogens with two attached hydrogens (primary N) is 1. The largest absolute Gasteiger partial charge is 0.466 e. The van der Waals surface area contributed by atoms with Crippen LogP contribution in [0.1, 0.15) is 17.2 Å². The minimum atomic E-state index is -0.932. The van der Waals surface area contributed by atoms with Gasteiger partial charge in [-0.1, -0.05) is 42.5 Å². The highest BCUT2D eigenvalue weighted by molar-refractivity contribution is 6.06. The summed E-state index contributed by atoms with van der Waals surface area (Å²) in [5, 5.41) is 14.6.